The molecule has 1 aliphatic heterocycles. The quantitative estimate of drug-likeness (QED) is 0.794. The first kappa shape index (κ1) is 21.0. The first-order valence-electron chi connectivity index (χ1n) is 9.21. The molecule has 0 spiro atoms. The molecule has 0 radical (unpaired) electrons. The summed E-state index contributed by atoms with van der Waals surface area (Å²) in [5.74, 6) is 0.709. The number of rotatable bonds is 6. The van der Waals surface area contributed by atoms with E-state index in [4.69, 9.17) is 9.47 Å². The summed E-state index contributed by atoms with van der Waals surface area (Å²) >= 11 is 0. The maximum Gasteiger partial charge on any atom is 0.407 e. The van der Waals surface area contributed by atoms with Crippen LogP contribution in [0.2, 0.25) is 0 Å². The van der Waals surface area contributed by atoms with Crippen LogP contribution in [0.15, 0.2) is 18.2 Å². The third-order valence-corrected chi connectivity index (χ3v) is 4.56. The van der Waals surface area contributed by atoms with Crippen LogP contribution < -0.4 is 10.1 Å². The van der Waals surface area contributed by atoms with E-state index >= 15 is 0 Å². The normalized spacial score (nSPS) is 18.4. The van der Waals surface area contributed by atoms with Crippen molar-refractivity contribution >= 4 is 12.0 Å². The molecule has 0 aliphatic carbocycles. The smallest absolute Gasteiger partial charge is 0.407 e. The number of aliphatic hydroxyl groups excluding tert-OH is 1. The average molecular weight is 378 g/mol. The van der Waals surface area contributed by atoms with Crippen LogP contribution in [-0.2, 0) is 9.53 Å². The lowest BCUT2D eigenvalue weighted by Crippen LogP contribution is -2.43. The Kier molecular flexibility index (Phi) is 6.70. The van der Waals surface area contributed by atoms with Crippen LogP contribution in [0.1, 0.15) is 50.8 Å². The van der Waals surface area contributed by atoms with Gasteiger partial charge in [-0.3, -0.25) is 4.79 Å². The molecule has 1 aromatic carbocycles. The van der Waals surface area contributed by atoms with Crippen LogP contribution >= 0.6 is 0 Å². The van der Waals surface area contributed by atoms with Gasteiger partial charge in [-0.2, -0.15) is 0 Å². The Balaban J connectivity index is 2.00. The molecule has 7 heteroatoms. The average Bonchev–Trinajstić information content (AvgIpc) is 2.93. The summed E-state index contributed by atoms with van der Waals surface area (Å²) in [5.41, 5.74) is 1.12. The SMILES string of the molecule is COc1ccc([C@@H](O)C2CCC(=O)N2CCNC(=O)OC(C)(C)C)c(C)c1. The number of methoxy groups -OCH3 is 1. The van der Waals surface area contributed by atoms with Crippen molar-refractivity contribution in [3.63, 3.8) is 0 Å². The zero-order valence-electron chi connectivity index (χ0n) is 16.7. The molecule has 1 unspecified atom stereocenters. The van der Waals surface area contributed by atoms with Gasteiger partial charge in [-0.15, -0.1) is 0 Å². The van der Waals surface area contributed by atoms with Crippen molar-refractivity contribution in [2.75, 3.05) is 20.2 Å². The Morgan fingerprint density at radius 2 is 2.11 bits per heavy atom. The van der Waals surface area contributed by atoms with Crippen molar-refractivity contribution in [3.05, 3.63) is 29.3 Å². The fourth-order valence-electron chi connectivity index (χ4n) is 3.28. The van der Waals surface area contributed by atoms with Gasteiger partial charge < -0.3 is 24.8 Å². The van der Waals surface area contributed by atoms with Crippen LogP contribution in [0.25, 0.3) is 0 Å². The molecule has 2 rings (SSSR count). The molecule has 27 heavy (non-hydrogen) atoms. The van der Waals surface area contributed by atoms with Crippen molar-refractivity contribution in [1.82, 2.24) is 10.2 Å². The summed E-state index contributed by atoms with van der Waals surface area (Å²) in [6, 6.07) is 5.18. The van der Waals surface area contributed by atoms with Gasteiger partial charge in [0.25, 0.3) is 0 Å². The zero-order chi connectivity index (χ0) is 20.2. The highest BCUT2D eigenvalue weighted by Gasteiger charge is 2.36. The Morgan fingerprint density at radius 3 is 2.70 bits per heavy atom. The third-order valence-electron chi connectivity index (χ3n) is 4.56. The second-order valence-electron chi connectivity index (χ2n) is 7.79. The van der Waals surface area contributed by atoms with E-state index in [0.29, 0.717) is 19.4 Å². The van der Waals surface area contributed by atoms with E-state index < -0.39 is 17.8 Å². The van der Waals surface area contributed by atoms with Crippen LogP contribution in [0.3, 0.4) is 0 Å². The Bertz CT molecular complexity index is 683. The summed E-state index contributed by atoms with van der Waals surface area (Å²) < 4.78 is 10.4. The van der Waals surface area contributed by atoms with E-state index in [0.717, 1.165) is 16.9 Å². The van der Waals surface area contributed by atoms with Crippen LogP contribution in [0.5, 0.6) is 5.75 Å². The van der Waals surface area contributed by atoms with E-state index in [1.165, 1.54) is 0 Å². The van der Waals surface area contributed by atoms with Gasteiger partial charge in [0, 0.05) is 19.5 Å². The van der Waals surface area contributed by atoms with Gasteiger partial charge in [0.05, 0.1) is 19.3 Å². The summed E-state index contributed by atoms with van der Waals surface area (Å²) in [7, 11) is 1.60. The minimum Gasteiger partial charge on any atom is -0.497 e. The number of likely N-dealkylation sites (tertiary alicyclic amines) is 1. The Labute approximate surface area is 160 Å². The van der Waals surface area contributed by atoms with Crippen molar-refractivity contribution in [2.45, 2.75) is 58.3 Å². The number of hydrogen-bond acceptors (Lipinski definition) is 5. The maximum absolute atomic E-state index is 12.3. The van der Waals surface area contributed by atoms with Gasteiger partial charge >= 0.3 is 6.09 Å². The number of carbonyl (C=O) groups is 2. The number of amides is 2. The van der Waals surface area contributed by atoms with E-state index in [9.17, 15) is 14.7 Å². The predicted octanol–water partition coefficient (Wildman–Crippen LogP) is 2.55. The third kappa shape index (κ3) is 5.60. The molecule has 150 valence electrons. The molecule has 1 aromatic rings. The molecule has 2 N–H and O–H groups in total. The highest BCUT2D eigenvalue weighted by atomic mass is 16.6. The molecule has 2 atom stereocenters. The van der Waals surface area contributed by atoms with Crippen LogP contribution in [0.4, 0.5) is 4.79 Å². The van der Waals surface area contributed by atoms with Crippen molar-refractivity contribution in [1.29, 1.82) is 0 Å². The second kappa shape index (κ2) is 8.61. The monoisotopic (exact) mass is 378 g/mol. The summed E-state index contributed by atoms with van der Waals surface area (Å²) in [5, 5.41) is 13.5. The van der Waals surface area contributed by atoms with Crippen LogP contribution in [-0.4, -0.2) is 53.8 Å². The molecule has 2 amide bonds. The lowest BCUT2D eigenvalue weighted by Gasteiger charge is -2.30. The first-order chi connectivity index (χ1) is 12.6. The number of hydrogen-bond donors (Lipinski definition) is 2. The van der Waals surface area contributed by atoms with E-state index in [2.05, 4.69) is 5.32 Å². The number of benzene rings is 1. The largest absolute Gasteiger partial charge is 0.497 e. The van der Waals surface area contributed by atoms with Crippen molar-refractivity contribution in [3.8, 4) is 5.75 Å². The number of carbonyl (C=O) groups excluding carboxylic acids is 2. The molecule has 7 nitrogen and oxygen atoms in total. The number of nitrogens with zero attached hydrogens (tertiary/aromatic N) is 1. The fourth-order valence-corrected chi connectivity index (χ4v) is 3.28. The first-order valence-corrected chi connectivity index (χ1v) is 9.21. The molecule has 1 heterocycles. The van der Waals surface area contributed by atoms with Crippen molar-refractivity contribution < 1.29 is 24.2 Å². The van der Waals surface area contributed by atoms with E-state index in [1.807, 2.05) is 19.1 Å². The van der Waals surface area contributed by atoms with Gasteiger partial charge in [0.2, 0.25) is 5.91 Å². The van der Waals surface area contributed by atoms with E-state index in [1.54, 1.807) is 38.8 Å². The highest BCUT2D eigenvalue weighted by molar-refractivity contribution is 5.79. The minimum absolute atomic E-state index is 0.0174. The molecule has 1 saturated heterocycles. The molecule has 0 saturated carbocycles. The number of aryl methyl sites for hydroxylation is 1. The number of aliphatic hydroxyl groups is 1. The van der Waals surface area contributed by atoms with E-state index in [-0.39, 0.29) is 18.5 Å². The highest BCUT2D eigenvalue weighted by Crippen LogP contribution is 2.32. The summed E-state index contributed by atoms with van der Waals surface area (Å²) in [6.07, 6.45) is -0.331. The van der Waals surface area contributed by atoms with Crippen LogP contribution in [0, 0.1) is 6.92 Å². The molecule has 1 fully saturated rings. The fraction of sp³-hybridized carbons (Fsp3) is 0.600. The lowest BCUT2D eigenvalue weighted by molar-refractivity contribution is -0.130. The summed E-state index contributed by atoms with van der Waals surface area (Å²) in [4.78, 5) is 25.7. The second-order valence-corrected chi connectivity index (χ2v) is 7.79. The zero-order valence-corrected chi connectivity index (χ0v) is 16.7. The standard InChI is InChI=1S/C20H30N2O5/c1-13-12-14(26-5)6-7-15(13)18(24)16-8-9-17(23)22(16)11-10-21-19(25)27-20(2,3)4/h6-7,12,16,18,24H,8-11H2,1-5H3,(H,21,25)/t16?,18-/m1/s1. The summed E-state index contributed by atoms with van der Waals surface area (Å²) in [6.45, 7) is 7.88. The molecule has 0 aromatic heterocycles. The van der Waals surface area contributed by atoms with Gasteiger partial charge in [0.1, 0.15) is 11.4 Å². The molecule has 0 bridgehead atoms. The Morgan fingerprint density at radius 1 is 1.41 bits per heavy atom. The topological polar surface area (TPSA) is 88.1 Å². The number of nitrogens with one attached hydrogen (secondary N) is 1. The molecular weight excluding hydrogens is 348 g/mol. The number of ether oxygens (including phenoxy) is 2. The predicted molar refractivity (Wildman–Crippen MR) is 102 cm³/mol. The van der Waals surface area contributed by atoms with Gasteiger partial charge in [-0.1, -0.05) is 6.07 Å². The molecular formula is C20H30N2O5. The van der Waals surface area contributed by atoms with Gasteiger partial charge in [0.15, 0.2) is 0 Å². The maximum atomic E-state index is 12.3. The van der Waals surface area contributed by atoms with Crippen molar-refractivity contribution in [2.24, 2.45) is 0 Å². The Hall–Kier alpha value is -2.28. The lowest BCUT2D eigenvalue weighted by atomic mass is 9.96. The number of alkyl carbamates (subject to hydrolysis) is 1. The van der Waals surface area contributed by atoms with Gasteiger partial charge in [-0.05, 0) is 57.4 Å². The van der Waals surface area contributed by atoms with Gasteiger partial charge in [-0.25, -0.2) is 4.79 Å². The molecule has 1 aliphatic rings. The minimum atomic E-state index is -0.788.